The summed E-state index contributed by atoms with van der Waals surface area (Å²) in [5.41, 5.74) is 1.42. The Hall–Kier alpha value is -3.30. The van der Waals surface area contributed by atoms with Gasteiger partial charge in [0.05, 0.1) is 31.0 Å². The SMILES string of the molecule is CC(=NC(=O)N(C)C)c1ccc(OC2CCN(c3ncc(OCC4CC4(F)F)cc3F)C2)cc1. The molecular weight excluding hydrogens is 449 g/mol. The van der Waals surface area contributed by atoms with Crippen molar-refractivity contribution < 1.29 is 27.4 Å². The van der Waals surface area contributed by atoms with E-state index in [4.69, 9.17) is 9.47 Å². The van der Waals surface area contributed by atoms with Crippen LogP contribution in [0.1, 0.15) is 25.3 Å². The highest BCUT2D eigenvalue weighted by Gasteiger charge is 2.57. The van der Waals surface area contributed by atoms with E-state index in [9.17, 15) is 18.0 Å². The van der Waals surface area contributed by atoms with Crippen molar-refractivity contribution in [2.45, 2.75) is 31.8 Å². The van der Waals surface area contributed by atoms with Gasteiger partial charge in [-0.05, 0) is 36.8 Å². The molecule has 0 bridgehead atoms. The van der Waals surface area contributed by atoms with Gasteiger partial charge in [0.2, 0.25) is 0 Å². The molecule has 2 atom stereocenters. The normalized spacial score (nSPS) is 21.4. The molecule has 182 valence electrons. The lowest BCUT2D eigenvalue weighted by Gasteiger charge is -2.19. The zero-order valence-corrected chi connectivity index (χ0v) is 19.3. The number of amides is 2. The Morgan fingerprint density at radius 2 is 1.97 bits per heavy atom. The molecule has 1 aromatic carbocycles. The number of anilines is 1. The number of hydrogen-bond acceptors (Lipinski definition) is 5. The number of aliphatic imine (C=N–C) groups is 1. The van der Waals surface area contributed by atoms with Crippen LogP contribution in [0.4, 0.5) is 23.8 Å². The third-order valence-corrected chi connectivity index (χ3v) is 5.87. The average Bonchev–Trinajstić information content (AvgIpc) is 3.16. The highest BCUT2D eigenvalue weighted by atomic mass is 19.3. The smallest absolute Gasteiger partial charge is 0.343 e. The Balaban J connectivity index is 1.31. The van der Waals surface area contributed by atoms with Crippen molar-refractivity contribution in [3.8, 4) is 11.5 Å². The fourth-order valence-electron chi connectivity index (χ4n) is 3.66. The summed E-state index contributed by atoms with van der Waals surface area (Å²) in [4.78, 5) is 23.1. The standard InChI is InChI=1S/C24H27F3N4O3/c1-15(29-23(32)30(2)3)16-4-6-18(7-5-16)34-19-8-9-31(13-19)22-21(25)10-20(12-28-22)33-14-17-11-24(17,26)27/h4-7,10,12,17,19H,8-9,11,13-14H2,1-3H3. The van der Waals surface area contributed by atoms with Crippen LogP contribution >= 0.6 is 0 Å². The van der Waals surface area contributed by atoms with Crippen LogP contribution in [0.3, 0.4) is 0 Å². The van der Waals surface area contributed by atoms with Crippen molar-refractivity contribution in [3.05, 3.63) is 47.9 Å². The molecule has 2 fully saturated rings. The molecule has 0 N–H and O–H groups in total. The lowest BCUT2D eigenvalue weighted by Crippen LogP contribution is -2.26. The van der Waals surface area contributed by atoms with E-state index >= 15 is 0 Å². The summed E-state index contributed by atoms with van der Waals surface area (Å²) in [6, 6.07) is 8.15. The van der Waals surface area contributed by atoms with Gasteiger partial charge in [-0.2, -0.15) is 4.99 Å². The number of nitrogens with zero attached hydrogens (tertiary/aromatic N) is 4. The number of carbonyl (C=O) groups is 1. The zero-order chi connectivity index (χ0) is 24.5. The van der Waals surface area contributed by atoms with Gasteiger partial charge >= 0.3 is 6.03 Å². The summed E-state index contributed by atoms with van der Waals surface area (Å²) in [6.07, 6.45) is 1.71. The molecule has 2 aromatic rings. The van der Waals surface area contributed by atoms with Gasteiger partial charge in [0.1, 0.15) is 17.6 Å². The fraction of sp³-hybridized carbons (Fsp3) is 0.458. The quantitative estimate of drug-likeness (QED) is 0.554. The maximum atomic E-state index is 14.6. The number of benzene rings is 1. The maximum absolute atomic E-state index is 14.6. The molecule has 1 aromatic heterocycles. The first-order valence-electron chi connectivity index (χ1n) is 11.1. The van der Waals surface area contributed by atoms with Crippen LogP contribution in [0.5, 0.6) is 11.5 Å². The minimum Gasteiger partial charge on any atom is -0.491 e. The number of hydrogen-bond donors (Lipinski definition) is 0. The van der Waals surface area contributed by atoms with Gasteiger partial charge in [-0.1, -0.05) is 0 Å². The van der Waals surface area contributed by atoms with E-state index in [0.717, 1.165) is 5.56 Å². The highest BCUT2D eigenvalue weighted by Crippen LogP contribution is 2.48. The molecule has 7 nitrogen and oxygen atoms in total. The first-order chi connectivity index (χ1) is 16.1. The maximum Gasteiger partial charge on any atom is 0.343 e. The number of halogens is 3. The molecular formula is C24H27F3N4O3. The second-order valence-electron chi connectivity index (χ2n) is 8.82. The predicted octanol–water partition coefficient (Wildman–Crippen LogP) is 4.40. The number of aromatic nitrogens is 1. The first kappa shape index (κ1) is 23.8. The summed E-state index contributed by atoms with van der Waals surface area (Å²) in [7, 11) is 3.28. The highest BCUT2D eigenvalue weighted by molar-refractivity contribution is 6.04. The molecule has 2 heterocycles. The second kappa shape index (κ2) is 9.52. The summed E-state index contributed by atoms with van der Waals surface area (Å²) in [6.45, 7) is 2.64. The van der Waals surface area contributed by atoms with Gasteiger partial charge in [-0.25, -0.2) is 22.9 Å². The third kappa shape index (κ3) is 5.60. The largest absolute Gasteiger partial charge is 0.491 e. The van der Waals surface area contributed by atoms with Crippen molar-refractivity contribution in [3.63, 3.8) is 0 Å². The summed E-state index contributed by atoms with van der Waals surface area (Å²) in [5, 5.41) is 0. The predicted molar refractivity (Wildman–Crippen MR) is 122 cm³/mol. The Labute approximate surface area is 196 Å². The van der Waals surface area contributed by atoms with E-state index in [2.05, 4.69) is 9.98 Å². The monoisotopic (exact) mass is 476 g/mol. The molecule has 2 unspecified atom stereocenters. The summed E-state index contributed by atoms with van der Waals surface area (Å²) < 4.78 is 51.8. The minimum absolute atomic E-state index is 0.141. The van der Waals surface area contributed by atoms with E-state index in [1.807, 2.05) is 24.3 Å². The van der Waals surface area contributed by atoms with E-state index < -0.39 is 17.7 Å². The molecule has 1 saturated heterocycles. The van der Waals surface area contributed by atoms with E-state index in [0.29, 0.717) is 31.0 Å². The van der Waals surface area contributed by atoms with Crippen LogP contribution < -0.4 is 14.4 Å². The number of urea groups is 1. The topological polar surface area (TPSA) is 67.3 Å². The van der Waals surface area contributed by atoms with E-state index in [1.165, 1.54) is 17.2 Å². The molecule has 0 radical (unpaired) electrons. The van der Waals surface area contributed by atoms with Crippen molar-refractivity contribution in [2.75, 3.05) is 38.7 Å². The zero-order valence-electron chi connectivity index (χ0n) is 19.3. The molecule has 1 aliphatic carbocycles. The van der Waals surface area contributed by atoms with Gasteiger partial charge in [0, 0.05) is 39.5 Å². The summed E-state index contributed by atoms with van der Waals surface area (Å²) >= 11 is 0. The van der Waals surface area contributed by atoms with Crippen LogP contribution in [0.2, 0.25) is 0 Å². The van der Waals surface area contributed by atoms with E-state index in [1.54, 1.807) is 25.9 Å². The van der Waals surface area contributed by atoms with Gasteiger partial charge in [0.15, 0.2) is 11.6 Å². The molecule has 4 rings (SSSR count). The van der Waals surface area contributed by atoms with Crippen LogP contribution in [-0.4, -0.2) is 67.4 Å². The van der Waals surface area contributed by atoms with Crippen molar-refractivity contribution >= 4 is 17.6 Å². The molecule has 0 spiro atoms. The fourth-order valence-corrected chi connectivity index (χ4v) is 3.66. The number of ether oxygens (including phenoxy) is 2. The average molecular weight is 476 g/mol. The first-order valence-corrected chi connectivity index (χ1v) is 11.1. The molecule has 2 amide bonds. The van der Waals surface area contributed by atoms with Gasteiger partial charge in [-0.3, -0.25) is 0 Å². The minimum atomic E-state index is -2.67. The molecule has 2 aliphatic rings. The number of pyridine rings is 1. The van der Waals surface area contributed by atoms with Gasteiger partial charge < -0.3 is 19.3 Å². The Kier molecular flexibility index (Phi) is 6.67. The van der Waals surface area contributed by atoms with E-state index in [-0.39, 0.29) is 36.7 Å². The summed E-state index contributed by atoms with van der Waals surface area (Å²) in [5.74, 6) is -3.06. The van der Waals surface area contributed by atoms with Crippen LogP contribution in [0, 0.1) is 11.7 Å². The molecule has 34 heavy (non-hydrogen) atoms. The number of carbonyl (C=O) groups excluding carboxylic acids is 1. The van der Waals surface area contributed by atoms with Crippen molar-refractivity contribution in [2.24, 2.45) is 10.9 Å². The Bertz CT molecular complexity index is 1080. The van der Waals surface area contributed by atoms with Crippen LogP contribution in [0.15, 0.2) is 41.5 Å². The second-order valence-corrected chi connectivity index (χ2v) is 8.82. The molecule has 1 saturated carbocycles. The van der Waals surface area contributed by atoms with Gasteiger partial charge in [0.25, 0.3) is 5.92 Å². The van der Waals surface area contributed by atoms with Crippen LogP contribution in [-0.2, 0) is 0 Å². The van der Waals surface area contributed by atoms with Crippen molar-refractivity contribution in [1.29, 1.82) is 0 Å². The Morgan fingerprint density at radius 1 is 1.26 bits per heavy atom. The lowest BCUT2D eigenvalue weighted by molar-refractivity contribution is 0.0855. The lowest BCUT2D eigenvalue weighted by atomic mass is 10.1. The van der Waals surface area contributed by atoms with Gasteiger partial charge in [-0.15, -0.1) is 0 Å². The number of rotatable bonds is 7. The molecule has 10 heteroatoms. The Morgan fingerprint density at radius 3 is 2.59 bits per heavy atom. The van der Waals surface area contributed by atoms with Crippen LogP contribution in [0.25, 0.3) is 0 Å². The number of alkyl halides is 2. The molecule has 1 aliphatic heterocycles. The van der Waals surface area contributed by atoms with Crippen molar-refractivity contribution in [1.82, 2.24) is 9.88 Å². The third-order valence-electron chi connectivity index (χ3n) is 5.87.